The largest absolute Gasteiger partial charge is 0.369 e. The van der Waals surface area contributed by atoms with Crippen LogP contribution in [0.3, 0.4) is 0 Å². The molecule has 2 aromatic rings. The molecule has 0 unspecified atom stereocenters. The van der Waals surface area contributed by atoms with Gasteiger partial charge in [-0.3, -0.25) is 0 Å². The van der Waals surface area contributed by atoms with E-state index >= 15 is 0 Å². The SMILES string of the molecule is Fc1ccc(Br)c(N2CC(c3ccccc3)C2)c1. The van der Waals surface area contributed by atoms with Gasteiger partial charge in [-0.1, -0.05) is 30.3 Å². The van der Waals surface area contributed by atoms with E-state index in [2.05, 4.69) is 45.1 Å². The fourth-order valence-electron chi connectivity index (χ4n) is 2.34. The molecule has 1 nitrogen and oxygen atoms in total. The zero-order valence-electron chi connectivity index (χ0n) is 9.81. The van der Waals surface area contributed by atoms with Gasteiger partial charge in [-0.25, -0.2) is 4.39 Å². The fourth-order valence-corrected chi connectivity index (χ4v) is 2.84. The highest BCUT2D eigenvalue weighted by Gasteiger charge is 2.29. The average molecular weight is 306 g/mol. The third kappa shape index (κ3) is 2.15. The summed E-state index contributed by atoms with van der Waals surface area (Å²) in [7, 11) is 0. The lowest BCUT2D eigenvalue weighted by molar-refractivity contribution is 0.522. The number of halogens is 2. The van der Waals surface area contributed by atoms with Crippen LogP contribution in [0.5, 0.6) is 0 Å². The predicted octanol–water partition coefficient (Wildman–Crippen LogP) is 4.19. The van der Waals surface area contributed by atoms with Crippen molar-refractivity contribution < 1.29 is 4.39 Å². The first-order chi connectivity index (χ1) is 8.74. The molecular formula is C15H13BrFN. The van der Waals surface area contributed by atoms with E-state index in [1.54, 1.807) is 12.1 Å². The van der Waals surface area contributed by atoms with Gasteiger partial charge in [0.15, 0.2) is 0 Å². The van der Waals surface area contributed by atoms with E-state index in [9.17, 15) is 4.39 Å². The maximum Gasteiger partial charge on any atom is 0.125 e. The van der Waals surface area contributed by atoms with Gasteiger partial charge in [0.05, 0.1) is 5.69 Å². The van der Waals surface area contributed by atoms with E-state index in [1.807, 2.05) is 6.07 Å². The Labute approximate surface area is 114 Å². The van der Waals surface area contributed by atoms with Crippen LogP contribution in [-0.2, 0) is 0 Å². The van der Waals surface area contributed by atoms with Crippen molar-refractivity contribution in [1.29, 1.82) is 0 Å². The average Bonchev–Trinajstić information content (AvgIpc) is 2.33. The Hall–Kier alpha value is -1.35. The first-order valence-corrected chi connectivity index (χ1v) is 6.78. The topological polar surface area (TPSA) is 3.24 Å². The molecule has 0 N–H and O–H groups in total. The minimum absolute atomic E-state index is 0.184. The zero-order chi connectivity index (χ0) is 12.5. The molecule has 0 aliphatic carbocycles. The van der Waals surface area contributed by atoms with Crippen LogP contribution in [0, 0.1) is 5.82 Å². The zero-order valence-corrected chi connectivity index (χ0v) is 11.4. The Morgan fingerprint density at radius 1 is 1.06 bits per heavy atom. The van der Waals surface area contributed by atoms with Crippen molar-refractivity contribution in [2.45, 2.75) is 5.92 Å². The molecule has 1 aliphatic rings. The first-order valence-electron chi connectivity index (χ1n) is 5.99. The molecular weight excluding hydrogens is 293 g/mol. The maximum absolute atomic E-state index is 13.2. The standard InChI is InChI=1S/C15H13BrFN/c16-14-7-6-13(17)8-15(14)18-9-12(10-18)11-4-2-1-3-5-11/h1-8,12H,9-10H2. The summed E-state index contributed by atoms with van der Waals surface area (Å²) < 4.78 is 14.2. The third-order valence-electron chi connectivity index (χ3n) is 3.40. The van der Waals surface area contributed by atoms with E-state index in [0.717, 1.165) is 23.2 Å². The third-order valence-corrected chi connectivity index (χ3v) is 4.07. The van der Waals surface area contributed by atoms with Gasteiger partial charge in [0.2, 0.25) is 0 Å². The van der Waals surface area contributed by atoms with Crippen molar-refractivity contribution in [3.05, 3.63) is 64.4 Å². The molecule has 3 heteroatoms. The van der Waals surface area contributed by atoms with Gasteiger partial charge in [0.25, 0.3) is 0 Å². The molecule has 0 bridgehead atoms. The molecule has 1 fully saturated rings. The van der Waals surface area contributed by atoms with Crippen molar-refractivity contribution in [3.63, 3.8) is 0 Å². The molecule has 3 rings (SSSR count). The van der Waals surface area contributed by atoms with Crippen LogP contribution in [0.1, 0.15) is 11.5 Å². The van der Waals surface area contributed by atoms with E-state index in [-0.39, 0.29) is 5.82 Å². The second-order valence-electron chi connectivity index (χ2n) is 4.61. The van der Waals surface area contributed by atoms with Crippen LogP contribution in [0.4, 0.5) is 10.1 Å². The number of rotatable bonds is 2. The summed E-state index contributed by atoms with van der Waals surface area (Å²) in [6.45, 7) is 1.90. The van der Waals surface area contributed by atoms with Gasteiger partial charge in [-0.15, -0.1) is 0 Å². The summed E-state index contributed by atoms with van der Waals surface area (Å²) in [5, 5.41) is 0. The van der Waals surface area contributed by atoms with Gasteiger partial charge in [-0.05, 0) is 39.7 Å². The lowest BCUT2D eigenvalue weighted by Gasteiger charge is -2.41. The lowest BCUT2D eigenvalue weighted by atomic mass is 9.91. The van der Waals surface area contributed by atoms with E-state index in [4.69, 9.17) is 0 Å². The van der Waals surface area contributed by atoms with Crippen molar-refractivity contribution >= 4 is 21.6 Å². The highest BCUT2D eigenvalue weighted by atomic mass is 79.9. The van der Waals surface area contributed by atoms with Crippen molar-refractivity contribution in [2.24, 2.45) is 0 Å². The molecule has 2 aromatic carbocycles. The van der Waals surface area contributed by atoms with Crippen LogP contribution >= 0.6 is 15.9 Å². The predicted molar refractivity (Wildman–Crippen MR) is 75.5 cm³/mol. The maximum atomic E-state index is 13.2. The van der Waals surface area contributed by atoms with Gasteiger partial charge in [0, 0.05) is 23.5 Å². The summed E-state index contributed by atoms with van der Waals surface area (Å²) in [5.74, 6) is 0.373. The molecule has 1 aliphatic heterocycles. The summed E-state index contributed by atoms with van der Waals surface area (Å²) in [5.41, 5.74) is 2.31. The molecule has 18 heavy (non-hydrogen) atoms. The van der Waals surface area contributed by atoms with Crippen LogP contribution in [0.2, 0.25) is 0 Å². The smallest absolute Gasteiger partial charge is 0.125 e. The number of benzene rings is 2. The summed E-state index contributed by atoms with van der Waals surface area (Å²) in [6.07, 6.45) is 0. The van der Waals surface area contributed by atoms with Gasteiger partial charge >= 0.3 is 0 Å². The second-order valence-corrected chi connectivity index (χ2v) is 5.46. The molecule has 0 amide bonds. The van der Waals surface area contributed by atoms with Crippen molar-refractivity contribution in [2.75, 3.05) is 18.0 Å². The number of hydrogen-bond donors (Lipinski definition) is 0. The molecule has 0 spiro atoms. The minimum Gasteiger partial charge on any atom is -0.369 e. The number of hydrogen-bond acceptors (Lipinski definition) is 1. The van der Waals surface area contributed by atoms with Crippen LogP contribution in [-0.4, -0.2) is 13.1 Å². The van der Waals surface area contributed by atoms with Gasteiger partial charge < -0.3 is 4.90 Å². The highest BCUT2D eigenvalue weighted by molar-refractivity contribution is 9.10. The van der Waals surface area contributed by atoms with Gasteiger partial charge in [0.1, 0.15) is 5.82 Å². The monoisotopic (exact) mass is 305 g/mol. The Morgan fingerprint density at radius 2 is 1.78 bits per heavy atom. The Kier molecular flexibility index (Phi) is 3.08. The molecule has 0 aromatic heterocycles. The van der Waals surface area contributed by atoms with Crippen LogP contribution in [0.15, 0.2) is 53.0 Å². The van der Waals surface area contributed by atoms with E-state index in [0.29, 0.717) is 5.92 Å². The normalized spacial score (nSPS) is 15.6. The van der Waals surface area contributed by atoms with Crippen LogP contribution in [0.25, 0.3) is 0 Å². The second kappa shape index (κ2) is 4.73. The molecule has 0 radical (unpaired) electrons. The quantitative estimate of drug-likeness (QED) is 0.804. The molecule has 0 atom stereocenters. The first kappa shape index (κ1) is 11.7. The molecule has 0 saturated carbocycles. The minimum atomic E-state index is -0.184. The molecule has 1 saturated heterocycles. The molecule has 92 valence electrons. The van der Waals surface area contributed by atoms with E-state index < -0.39 is 0 Å². The van der Waals surface area contributed by atoms with Gasteiger partial charge in [-0.2, -0.15) is 0 Å². The number of anilines is 1. The van der Waals surface area contributed by atoms with E-state index in [1.165, 1.54) is 11.6 Å². The Bertz CT molecular complexity index is 550. The summed E-state index contributed by atoms with van der Waals surface area (Å²) in [4.78, 5) is 2.20. The van der Waals surface area contributed by atoms with Crippen LogP contribution < -0.4 is 4.90 Å². The molecule has 1 heterocycles. The Balaban J connectivity index is 1.74. The Morgan fingerprint density at radius 3 is 2.50 bits per heavy atom. The fraction of sp³-hybridized carbons (Fsp3) is 0.200. The summed E-state index contributed by atoms with van der Waals surface area (Å²) in [6, 6.07) is 15.3. The lowest BCUT2D eigenvalue weighted by Crippen LogP contribution is -2.45. The number of nitrogens with zero attached hydrogens (tertiary/aromatic N) is 1. The summed E-state index contributed by atoms with van der Waals surface area (Å²) >= 11 is 3.47. The van der Waals surface area contributed by atoms with Crippen molar-refractivity contribution in [3.8, 4) is 0 Å². The highest BCUT2D eigenvalue weighted by Crippen LogP contribution is 2.35. The van der Waals surface area contributed by atoms with Crippen molar-refractivity contribution in [1.82, 2.24) is 0 Å².